The SMILES string of the molecule is CC(NCCCCO)c1ccc(Cl)s1. The van der Waals surface area contributed by atoms with Crippen molar-refractivity contribution < 1.29 is 5.11 Å². The summed E-state index contributed by atoms with van der Waals surface area (Å²) in [6.07, 6.45) is 1.88. The van der Waals surface area contributed by atoms with Crippen LogP contribution in [0.1, 0.15) is 30.7 Å². The van der Waals surface area contributed by atoms with Crippen LogP contribution in [0.5, 0.6) is 0 Å². The maximum atomic E-state index is 8.61. The molecule has 4 heteroatoms. The van der Waals surface area contributed by atoms with Gasteiger partial charge in [-0.15, -0.1) is 11.3 Å². The van der Waals surface area contributed by atoms with E-state index < -0.39 is 0 Å². The van der Waals surface area contributed by atoms with E-state index in [9.17, 15) is 0 Å². The maximum Gasteiger partial charge on any atom is 0.0931 e. The predicted molar refractivity (Wildman–Crippen MR) is 62.1 cm³/mol. The Balaban J connectivity index is 2.25. The van der Waals surface area contributed by atoms with Crippen LogP contribution in [-0.4, -0.2) is 18.3 Å². The second-order valence-corrected chi connectivity index (χ2v) is 5.00. The van der Waals surface area contributed by atoms with Gasteiger partial charge in [0.15, 0.2) is 0 Å². The molecule has 1 aromatic heterocycles. The number of hydrogen-bond donors (Lipinski definition) is 2. The Kier molecular flexibility index (Phi) is 5.48. The molecule has 14 heavy (non-hydrogen) atoms. The van der Waals surface area contributed by atoms with Crippen molar-refractivity contribution >= 4 is 22.9 Å². The summed E-state index contributed by atoms with van der Waals surface area (Å²) in [4.78, 5) is 1.26. The van der Waals surface area contributed by atoms with Crippen molar-refractivity contribution in [1.82, 2.24) is 5.32 Å². The third kappa shape index (κ3) is 3.96. The summed E-state index contributed by atoms with van der Waals surface area (Å²) in [5, 5.41) is 12.0. The summed E-state index contributed by atoms with van der Waals surface area (Å²) in [6.45, 7) is 3.35. The lowest BCUT2D eigenvalue weighted by Gasteiger charge is -2.11. The van der Waals surface area contributed by atoms with Gasteiger partial charge in [-0.05, 0) is 38.4 Å². The zero-order valence-electron chi connectivity index (χ0n) is 8.29. The number of aliphatic hydroxyl groups excluding tert-OH is 1. The Morgan fingerprint density at radius 1 is 1.50 bits per heavy atom. The van der Waals surface area contributed by atoms with E-state index in [0.29, 0.717) is 6.04 Å². The minimum absolute atomic E-state index is 0.279. The lowest BCUT2D eigenvalue weighted by Crippen LogP contribution is -2.19. The van der Waals surface area contributed by atoms with Crippen LogP contribution in [-0.2, 0) is 0 Å². The number of hydrogen-bond acceptors (Lipinski definition) is 3. The largest absolute Gasteiger partial charge is 0.396 e. The number of aliphatic hydroxyl groups is 1. The topological polar surface area (TPSA) is 32.3 Å². The van der Waals surface area contributed by atoms with Gasteiger partial charge in [-0.1, -0.05) is 11.6 Å². The number of nitrogens with one attached hydrogen (secondary N) is 1. The van der Waals surface area contributed by atoms with E-state index in [4.69, 9.17) is 16.7 Å². The molecule has 1 rings (SSSR count). The fourth-order valence-corrected chi connectivity index (χ4v) is 2.30. The molecule has 0 aliphatic heterocycles. The molecule has 0 aliphatic carbocycles. The van der Waals surface area contributed by atoms with Gasteiger partial charge in [-0.2, -0.15) is 0 Å². The first-order valence-corrected chi connectivity index (χ1v) is 6.03. The zero-order valence-corrected chi connectivity index (χ0v) is 9.87. The normalized spacial score (nSPS) is 13.1. The highest BCUT2D eigenvalue weighted by Crippen LogP contribution is 2.26. The van der Waals surface area contributed by atoms with Crippen molar-refractivity contribution in [2.75, 3.05) is 13.2 Å². The molecule has 1 heterocycles. The summed E-state index contributed by atoms with van der Waals surface area (Å²) in [5.41, 5.74) is 0. The highest BCUT2D eigenvalue weighted by Gasteiger charge is 2.06. The van der Waals surface area contributed by atoms with Crippen LogP contribution >= 0.6 is 22.9 Å². The zero-order chi connectivity index (χ0) is 10.4. The smallest absolute Gasteiger partial charge is 0.0931 e. The molecule has 2 N–H and O–H groups in total. The van der Waals surface area contributed by atoms with Crippen LogP contribution in [0.25, 0.3) is 0 Å². The molecule has 0 aromatic carbocycles. The van der Waals surface area contributed by atoms with Crippen molar-refractivity contribution in [1.29, 1.82) is 0 Å². The van der Waals surface area contributed by atoms with Crippen LogP contribution in [0.3, 0.4) is 0 Å². The van der Waals surface area contributed by atoms with Crippen LogP contribution in [0.15, 0.2) is 12.1 Å². The molecule has 0 saturated heterocycles. The highest BCUT2D eigenvalue weighted by molar-refractivity contribution is 7.16. The van der Waals surface area contributed by atoms with Crippen molar-refractivity contribution in [3.8, 4) is 0 Å². The summed E-state index contributed by atoms with van der Waals surface area (Å²) in [7, 11) is 0. The molecule has 80 valence electrons. The molecule has 1 aromatic rings. The molecule has 2 nitrogen and oxygen atoms in total. The molecule has 0 fully saturated rings. The Morgan fingerprint density at radius 2 is 2.29 bits per heavy atom. The average Bonchev–Trinajstić information content (AvgIpc) is 2.59. The standard InChI is InChI=1S/C10H16ClNOS/c1-8(12-6-2-3-7-13)9-4-5-10(11)14-9/h4-5,8,12-13H,2-3,6-7H2,1H3. The van der Waals surface area contributed by atoms with E-state index in [1.165, 1.54) is 4.88 Å². The van der Waals surface area contributed by atoms with Crippen molar-refractivity contribution in [3.63, 3.8) is 0 Å². The molecule has 0 amide bonds. The fraction of sp³-hybridized carbons (Fsp3) is 0.600. The maximum absolute atomic E-state index is 8.61. The third-order valence-corrected chi connectivity index (χ3v) is 3.47. The summed E-state index contributed by atoms with van der Waals surface area (Å²) in [6, 6.07) is 4.33. The lowest BCUT2D eigenvalue weighted by atomic mass is 10.2. The molecular formula is C10H16ClNOS. The minimum Gasteiger partial charge on any atom is -0.396 e. The number of thiophene rings is 1. The molecule has 1 atom stereocenters. The van der Waals surface area contributed by atoms with Crippen LogP contribution < -0.4 is 5.32 Å². The van der Waals surface area contributed by atoms with Crippen molar-refractivity contribution in [2.24, 2.45) is 0 Å². The van der Waals surface area contributed by atoms with Gasteiger partial charge in [0.25, 0.3) is 0 Å². The molecule has 0 radical (unpaired) electrons. The first-order valence-electron chi connectivity index (χ1n) is 4.83. The Hall–Kier alpha value is -0.0900. The van der Waals surface area contributed by atoms with Gasteiger partial charge in [0.2, 0.25) is 0 Å². The minimum atomic E-state index is 0.279. The number of rotatable bonds is 6. The van der Waals surface area contributed by atoms with E-state index in [1.807, 2.05) is 6.07 Å². The van der Waals surface area contributed by atoms with Gasteiger partial charge in [0.1, 0.15) is 0 Å². The molecule has 0 aliphatic rings. The highest BCUT2D eigenvalue weighted by atomic mass is 35.5. The third-order valence-electron chi connectivity index (χ3n) is 2.06. The van der Waals surface area contributed by atoms with E-state index in [-0.39, 0.29) is 6.61 Å². The summed E-state index contributed by atoms with van der Waals surface area (Å²) in [5.74, 6) is 0. The van der Waals surface area contributed by atoms with E-state index in [0.717, 1.165) is 23.7 Å². The van der Waals surface area contributed by atoms with Crippen molar-refractivity contribution in [2.45, 2.75) is 25.8 Å². The van der Waals surface area contributed by atoms with Gasteiger partial charge in [0.05, 0.1) is 4.34 Å². The van der Waals surface area contributed by atoms with Gasteiger partial charge in [-0.25, -0.2) is 0 Å². The monoisotopic (exact) mass is 233 g/mol. The first kappa shape index (κ1) is 12.0. The van der Waals surface area contributed by atoms with Gasteiger partial charge in [-0.3, -0.25) is 0 Å². The van der Waals surface area contributed by atoms with Gasteiger partial charge >= 0.3 is 0 Å². The lowest BCUT2D eigenvalue weighted by molar-refractivity contribution is 0.283. The number of unbranched alkanes of at least 4 members (excludes halogenated alkanes) is 1. The Bertz CT molecular complexity index is 264. The molecule has 0 spiro atoms. The summed E-state index contributed by atoms with van der Waals surface area (Å²) < 4.78 is 0.837. The van der Waals surface area contributed by atoms with E-state index in [2.05, 4.69) is 18.3 Å². The molecule has 0 saturated carbocycles. The quantitative estimate of drug-likeness (QED) is 0.741. The Morgan fingerprint density at radius 3 is 2.86 bits per heavy atom. The fourth-order valence-electron chi connectivity index (χ4n) is 1.22. The van der Waals surface area contributed by atoms with Crippen LogP contribution in [0, 0.1) is 0 Å². The van der Waals surface area contributed by atoms with E-state index in [1.54, 1.807) is 11.3 Å². The van der Waals surface area contributed by atoms with Gasteiger partial charge < -0.3 is 10.4 Å². The number of halogens is 1. The second-order valence-electron chi connectivity index (χ2n) is 3.25. The predicted octanol–water partition coefficient (Wildman–Crippen LogP) is 2.82. The first-order chi connectivity index (χ1) is 6.74. The van der Waals surface area contributed by atoms with Crippen LogP contribution in [0.2, 0.25) is 4.34 Å². The van der Waals surface area contributed by atoms with Gasteiger partial charge in [0, 0.05) is 17.5 Å². The van der Waals surface area contributed by atoms with Crippen LogP contribution in [0.4, 0.5) is 0 Å². The molecule has 0 bridgehead atoms. The van der Waals surface area contributed by atoms with E-state index >= 15 is 0 Å². The van der Waals surface area contributed by atoms with Crippen molar-refractivity contribution in [3.05, 3.63) is 21.3 Å². The molecule has 1 unspecified atom stereocenters. The Labute approximate surface area is 93.9 Å². The second kappa shape index (κ2) is 6.40. The molecular weight excluding hydrogens is 218 g/mol. The average molecular weight is 234 g/mol. The summed E-state index contributed by atoms with van der Waals surface area (Å²) >= 11 is 7.46.